The standard InChI is InChI=1S/C15H14ClFO2/c1-9-8-10(6-7-12(9)16)15(18)11-4-3-5-13(19-2)14(11)17/h3-8,15,18H,1-2H3. The SMILES string of the molecule is COc1cccc(C(O)c2ccc(Cl)c(C)c2)c1F. The van der Waals surface area contributed by atoms with Gasteiger partial charge in [-0.2, -0.15) is 0 Å². The predicted octanol–water partition coefficient (Wildman–Crippen LogP) is 3.88. The van der Waals surface area contributed by atoms with E-state index >= 15 is 0 Å². The predicted molar refractivity (Wildman–Crippen MR) is 73.2 cm³/mol. The van der Waals surface area contributed by atoms with Gasteiger partial charge in [0.2, 0.25) is 0 Å². The highest BCUT2D eigenvalue weighted by molar-refractivity contribution is 6.31. The van der Waals surface area contributed by atoms with Crippen LogP contribution in [0.2, 0.25) is 5.02 Å². The zero-order valence-corrected chi connectivity index (χ0v) is 11.4. The Kier molecular flexibility index (Phi) is 4.08. The Hall–Kier alpha value is -1.58. The third-order valence-electron chi connectivity index (χ3n) is 3.01. The molecule has 0 aliphatic rings. The highest BCUT2D eigenvalue weighted by atomic mass is 35.5. The van der Waals surface area contributed by atoms with Crippen LogP contribution in [0.15, 0.2) is 36.4 Å². The minimum atomic E-state index is -1.05. The Balaban J connectivity index is 2.43. The van der Waals surface area contributed by atoms with Crippen molar-refractivity contribution in [3.05, 3.63) is 63.9 Å². The Morgan fingerprint density at radius 3 is 2.63 bits per heavy atom. The number of aryl methyl sites for hydroxylation is 1. The van der Waals surface area contributed by atoms with Crippen molar-refractivity contribution in [3.8, 4) is 5.75 Å². The quantitative estimate of drug-likeness (QED) is 0.924. The lowest BCUT2D eigenvalue weighted by Crippen LogP contribution is -2.04. The van der Waals surface area contributed by atoms with E-state index in [9.17, 15) is 9.50 Å². The first kappa shape index (κ1) is 13.8. The second-order valence-electron chi connectivity index (χ2n) is 4.27. The van der Waals surface area contributed by atoms with E-state index in [0.29, 0.717) is 10.6 Å². The summed E-state index contributed by atoms with van der Waals surface area (Å²) in [4.78, 5) is 0. The molecule has 2 nitrogen and oxygen atoms in total. The van der Waals surface area contributed by atoms with E-state index in [1.807, 2.05) is 6.92 Å². The lowest BCUT2D eigenvalue weighted by atomic mass is 9.99. The molecule has 1 N–H and O–H groups in total. The van der Waals surface area contributed by atoms with Crippen LogP contribution in [0.1, 0.15) is 22.8 Å². The molecule has 0 spiro atoms. The van der Waals surface area contributed by atoms with Gasteiger partial charge in [0, 0.05) is 10.6 Å². The molecular formula is C15H14ClFO2. The summed E-state index contributed by atoms with van der Waals surface area (Å²) in [6, 6.07) is 9.80. The summed E-state index contributed by atoms with van der Waals surface area (Å²) in [5.41, 5.74) is 1.61. The van der Waals surface area contributed by atoms with Crippen molar-refractivity contribution in [1.82, 2.24) is 0 Å². The highest BCUT2D eigenvalue weighted by Gasteiger charge is 2.18. The van der Waals surface area contributed by atoms with Crippen LogP contribution < -0.4 is 4.74 Å². The van der Waals surface area contributed by atoms with Crippen LogP contribution in [0, 0.1) is 12.7 Å². The van der Waals surface area contributed by atoms with Gasteiger partial charge in [0.25, 0.3) is 0 Å². The molecule has 2 aromatic rings. The molecule has 0 fully saturated rings. The number of benzene rings is 2. The molecule has 0 saturated carbocycles. The van der Waals surface area contributed by atoms with E-state index in [0.717, 1.165) is 5.56 Å². The minimum absolute atomic E-state index is 0.113. The van der Waals surface area contributed by atoms with Gasteiger partial charge < -0.3 is 9.84 Å². The molecule has 19 heavy (non-hydrogen) atoms. The van der Waals surface area contributed by atoms with E-state index in [4.69, 9.17) is 16.3 Å². The van der Waals surface area contributed by atoms with E-state index < -0.39 is 11.9 Å². The molecule has 0 saturated heterocycles. The van der Waals surface area contributed by atoms with Crippen LogP contribution in [-0.4, -0.2) is 12.2 Å². The topological polar surface area (TPSA) is 29.5 Å². The van der Waals surface area contributed by atoms with Crippen molar-refractivity contribution in [2.75, 3.05) is 7.11 Å². The van der Waals surface area contributed by atoms with Crippen molar-refractivity contribution < 1.29 is 14.2 Å². The van der Waals surface area contributed by atoms with Crippen LogP contribution in [0.5, 0.6) is 5.75 Å². The molecule has 2 aromatic carbocycles. The van der Waals surface area contributed by atoms with Crippen molar-refractivity contribution >= 4 is 11.6 Å². The summed E-state index contributed by atoms with van der Waals surface area (Å²) in [6.45, 7) is 1.83. The lowest BCUT2D eigenvalue weighted by Gasteiger charge is -2.15. The third-order valence-corrected chi connectivity index (χ3v) is 3.43. The van der Waals surface area contributed by atoms with Crippen LogP contribution in [-0.2, 0) is 0 Å². The van der Waals surface area contributed by atoms with Gasteiger partial charge in [-0.15, -0.1) is 0 Å². The number of hydrogen-bond donors (Lipinski definition) is 1. The first-order valence-electron chi connectivity index (χ1n) is 5.81. The maximum atomic E-state index is 14.1. The fourth-order valence-electron chi connectivity index (χ4n) is 1.91. The summed E-state index contributed by atoms with van der Waals surface area (Å²) >= 11 is 5.93. The summed E-state index contributed by atoms with van der Waals surface area (Å²) in [7, 11) is 1.39. The summed E-state index contributed by atoms with van der Waals surface area (Å²) < 4.78 is 19.0. The van der Waals surface area contributed by atoms with E-state index in [-0.39, 0.29) is 11.3 Å². The fourth-order valence-corrected chi connectivity index (χ4v) is 2.03. The molecule has 0 amide bonds. The molecule has 1 atom stereocenters. The molecule has 0 aliphatic carbocycles. The smallest absolute Gasteiger partial charge is 0.171 e. The molecule has 0 bridgehead atoms. The number of aliphatic hydroxyl groups excluding tert-OH is 1. The zero-order valence-electron chi connectivity index (χ0n) is 10.7. The Morgan fingerprint density at radius 1 is 1.26 bits per heavy atom. The van der Waals surface area contributed by atoms with Crippen LogP contribution in [0.25, 0.3) is 0 Å². The zero-order chi connectivity index (χ0) is 14.0. The largest absolute Gasteiger partial charge is 0.494 e. The number of aliphatic hydroxyl groups is 1. The van der Waals surface area contributed by atoms with Crippen molar-refractivity contribution in [1.29, 1.82) is 0 Å². The maximum absolute atomic E-state index is 14.1. The molecule has 0 aliphatic heterocycles. The second kappa shape index (κ2) is 5.59. The van der Waals surface area contributed by atoms with Gasteiger partial charge in [-0.3, -0.25) is 0 Å². The van der Waals surface area contributed by atoms with Crippen LogP contribution in [0.3, 0.4) is 0 Å². The van der Waals surface area contributed by atoms with Gasteiger partial charge in [-0.05, 0) is 30.2 Å². The fraction of sp³-hybridized carbons (Fsp3) is 0.200. The summed E-state index contributed by atoms with van der Waals surface area (Å²) in [6.07, 6.45) is -1.05. The van der Waals surface area contributed by atoms with E-state index in [1.165, 1.54) is 19.2 Å². The van der Waals surface area contributed by atoms with E-state index in [1.54, 1.807) is 24.3 Å². The number of halogens is 2. The Morgan fingerprint density at radius 2 is 2.00 bits per heavy atom. The molecule has 2 rings (SSSR count). The first-order chi connectivity index (χ1) is 9.04. The summed E-state index contributed by atoms with van der Waals surface area (Å²) in [5, 5.41) is 10.9. The number of methoxy groups -OCH3 is 1. The number of ether oxygens (including phenoxy) is 1. The first-order valence-corrected chi connectivity index (χ1v) is 6.19. The van der Waals surface area contributed by atoms with Crippen molar-refractivity contribution in [3.63, 3.8) is 0 Å². The highest BCUT2D eigenvalue weighted by Crippen LogP contribution is 2.30. The van der Waals surface area contributed by atoms with Gasteiger partial charge >= 0.3 is 0 Å². The maximum Gasteiger partial charge on any atom is 0.171 e. The monoisotopic (exact) mass is 280 g/mol. The van der Waals surface area contributed by atoms with Gasteiger partial charge in [-0.25, -0.2) is 4.39 Å². The number of hydrogen-bond acceptors (Lipinski definition) is 2. The minimum Gasteiger partial charge on any atom is -0.494 e. The average Bonchev–Trinajstić information content (AvgIpc) is 2.41. The van der Waals surface area contributed by atoms with Crippen LogP contribution >= 0.6 is 11.6 Å². The Bertz CT molecular complexity index is 599. The molecule has 1 unspecified atom stereocenters. The van der Waals surface area contributed by atoms with Gasteiger partial charge in [0.05, 0.1) is 7.11 Å². The summed E-state index contributed by atoms with van der Waals surface area (Å²) in [5.74, 6) is -0.438. The van der Waals surface area contributed by atoms with E-state index in [2.05, 4.69) is 0 Å². The lowest BCUT2D eigenvalue weighted by molar-refractivity contribution is 0.213. The van der Waals surface area contributed by atoms with Crippen molar-refractivity contribution in [2.45, 2.75) is 13.0 Å². The molecule has 100 valence electrons. The van der Waals surface area contributed by atoms with Crippen LogP contribution in [0.4, 0.5) is 4.39 Å². The molecule has 0 radical (unpaired) electrons. The Labute approximate surface area is 116 Å². The average molecular weight is 281 g/mol. The molecular weight excluding hydrogens is 267 g/mol. The normalized spacial score (nSPS) is 12.3. The molecule has 0 heterocycles. The van der Waals surface area contributed by atoms with Gasteiger partial charge in [0.1, 0.15) is 6.10 Å². The van der Waals surface area contributed by atoms with Crippen molar-refractivity contribution in [2.24, 2.45) is 0 Å². The molecule has 0 aromatic heterocycles. The number of rotatable bonds is 3. The third kappa shape index (κ3) is 2.72. The second-order valence-corrected chi connectivity index (χ2v) is 4.68. The molecule has 4 heteroatoms. The van der Waals surface area contributed by atoms with Gasteiger partial charge in [-0.1, -0.05) is 35.9 Å². The van der Waals surface area contributed by atoms with Gasteiger partial charge in [0.15, 0.2) is 11.6 Å².